The van der Waals surface area contributed by atoms with Crippen LogP contribution in [0.1, 0.15) is 39.5 Å². The monoisotopic (exact) mass is 386 g/mol. The topological polar surface area (TPSA) is 84.0 Å². The van der Waals surface area contributed by atoms with Crippen LogP contribution in [0.4, 0.5) is 4.79 Å². The molecule has 0 aliphatic heterocycles. The summed E-state index contributed by atoms with van der Waals surface area (Å²) in [5, 5.41) is 13.0. The SMILES string of the molecule is C=C(C)CSc1nnc(S[C@H](C)C(=O)NC(=O)NC2CCCC2)s1. The molecule has 1 aliphatic rings. The first kappa shape index (κ1) is 19.3. The predicted octanol–water partition coefficient (Wildman–Crippen LogP) is 3.46. The average molecular weight is 387 g/mol. The smallest absolute Gasteiger partial charge is 0.321 e. The average Bonchev–Trinajstić information content (AvgIpc) is 3.16. The molecule has 1 saturated carbocycles. The Balaban J connectivity index is 1.76. The third-order valence-corrected chi connectivity index (χ3v) is 6.88. The summed E-state index contributed by atoms with van der Waals surface area (Å²) in [7, 11) is 0. The molecule has 2 rings (SSSR count). The Kier molecular flexibility index (Phi) is 7.57. The van der Waals surface area contributed by atoms with Crippen LogP contribution < -0.4 is 10.6 Å². The van der Waals surface area contributed by atoms with Crippen molar-refractivity contribution in [2.24, 2.45) is 0 Å². The first-order valence-corrected chi connectivity index (χ1v) is 10.5. The van der Waals surface area contributed by atoms with E-state index >= 15 is 0 Å². The van der Waals surface area contributed by atoms with Crippen LogP contribution in [0.15, 0.2) is 20.8 Å². The second-order valence-electron chi connectivity index (χ2n) is 5.78. The number of aromatic nitrogens is 2. The Hall–Kier alpha value is -1.06. The Bertz CT molecular complexity index is 599. The summed E-state index contributed by atoms with van der Waals surface area (Å²) >= 11 is 4.34. The Labute approximate surface area is 154 Å². The van der Waals surface area contributed by atoms with E-state index in [4.69, 9.17) is 0 Å². The van der Waals surface area contributed by atoms with Gasteiger partial charge in [0.05, 0.1) is 5.25 Å². The third kappa shape index (κ3) is 6.45. The standard InChI is InChI=1S/C15H22N4O2S3/c1-9(2)8-22-14-18-19-15(24-14)23-10(3)12(20)17-13(21)16-11-6-4-5-7-11/h10-11H,1,4-8H2,2-3H3,(H2,16,17,20,21)/t10-/m1/s1. The van der Waals surface area contributed by atoms with Crippen LogP contribution in [0, 0.1) is 0 Å². The molecule has 0 spiro atoms. The summed E-state index contributed by atoms with van der Waals surface area (Å²) in [5.41, 5.74) is 1.07. The van der Waals surface area contributed by atoms with Crippen LogP contribution in [-0.2, 0) is 4.79 Å². The van der Waals surface area contributed by atoms with E-state index in [0.717, 1.165) is 45.7 Å². The van der Waals surface area contributed by atoms with Crippen molar-refractivity contribution in [1.82, 2.24) is 20.8 Å². The zero-order valence-corrected chi connectivity index (χ0v) is 16.3. The van der Waals surface area contributed by atoms with Crippen LogP contribution >= 0.6 is 34.9 Å². The zero-order chi connectivity index (χ0) is 17.5. The lowest BCUT2D eigenvalue weighted by Gasteiger charge is -2.14. The highest BCUT2D eigenvalue weighted by Crippen LogP contribution is 2.31. The van der Waals surface area contributed by atoms with Gasteiger partial charge in [-0.15, -0.1) is 10.2 Å². The molecule has 1 aromatic heterocycles. The molecule has 2 N–H and O–H groups in total. The van der Waals surface area contributed by atoms with Gasteiger partial charge in [0.1, 0.15) is 0 Å². The highest BCUT2D eigenvalue weighted by molar-refractivity contribution is 8.04. The number of nitrogens with zero attached hydrogens (tertiary/aromatic N) is 2. The van der Waals surface area contributed by atoms with E-state index in [-0.39, 0.29) is 11.9 Å². The molecule has 1 atom stereocenters. The Morgan fingerprint density at radius 2 is 2.00 bits per heavy atom. The largest absolute Gasteiger partial charge is 0.335 e. The highest BCUT2D eigenvalue weighted by Gasteiger charge is 2.22. The number of urea groups is 1. The molecule has 1 aliphatic carbocycles. The van der Waals surface area contributed by atoms with Gasteiger partial charge in [-0.1, -0.05) is 59.9 Å². The molecule has 0 saturated heterocycles. The molecule has 1 heterocycles. The van der Waals surface area contributed by atoms with Crippen molar-refractivity contribution in [2.45, 2.75) is 59.5 Å². The lowest BCUT2D eigenvalue weighted by atomic mass is 10.2. The van der Waals surface area contributed by atoms with E-state index in [2.05, 4.69) is 27.4 Å². The molecule has 132 valence electrons. The number of nitrogens with one attached hydrogen (secondary N) is 2. The van der Waals surface area contributed by atoms with Crippen molar-refractivity contribution < 1.29 is 9.59 Å². The molecule has 1 aromatic rings. The maximum Gasteiger partial charge on any atom is 0.321 e. The van der Waals surface area contributed by atoms with Crippen LogP contribution in [-0.4, -0.2) is 39.2 Å². The van der Waals surface area contributed by atoms with E-state index < -0.39 is 11.3 Å². The summed E-state index contributed by atoms with van der Waals surface area (Å²) in [6.07, 6.45) is 4.24. The van der Waals surface area contributed by atoms with Gasteiger partial charge < -0.3 is 5.32 Å². The van der Waals surface area contributed by atoms with E-state index in [1.165, 1.54) is 23.1 Å². The van der Waals surface area contributed by atoms with Gasteiger partial charge in [0, 0.05) is 11.8 Å². The molecule has 0 aromatic carbocycles. The Morgan fingerprint density at radius 1 is 1.33 bits per heavy atom. The number of carbonyl (C=O) groups excluding carboxylic acids is 2. The van der Waals surface area contributed by atoms with Crippen molar-refractivity contribution in [3.8, 4) is 0 Å². The van der Waals surface area contributed by atoms with E-state index in [1.54, 1.807) is 18.7 Å². The highest BCUT2D eigenvalue weighted by atomic mass is 32.2. The summed E-state index contributed by atoms with van der Waals surface area (Å²) in [6, 6.07) is -0.217. The van der Waals surface area contributed by atoms with E-state index in [0.29, 0.717) is 0 Å². The van der Waals surface area contributed by atoms with Gasteiger partial charge in [0.15, 0.2) is 8.68 Å². The summed E-state index contributed by atoms with van der Waals surface area (Å²) in [5.74, 6) is 0.485. The zero-order valence-electron chi connectivity index (χ0n) is 13.8. The van der Waals surface area contributed by atoms with E-state index in [9.17, 15) is 9.59 Å². The molecule has 0 bridgehead atoms. The number of carbonyl (C=O) groups is 2. The minimum absolute atomic E-state index is 0.192. The fourth-order valence-corrected chi connectivity index (χ4v) is 5.21. The first-order chi connectivity index (χ1) is 11.4. The van der Waals surface area contributed by atoms with Gasteiger partial charge in [-0.2, -0.15) is 0 Å². The molecule has 9 heteroatoms. The Morgan fingerprint density at radius 3 is 2.67 bits per heavy atom. The lowest BCUT2D eigenvalue weighted by Crippen LogP contribution is -2.45. The number of thioether (sulfide) groups is 2. The maximum absolute atomic E-state index is 12.1. The fourth-order valence-electron chi connectivity index (χ4n) is 2.20. The molecule has 0 unspecified atom stereocenters. The quantitative estimate of drug-likeness (QED) is 0.551. The fraction of sp³-hybridized carbons (Fsp3) is 0.600. The molecule has 0 radical (unpaired) electrons. The van der Waals surface area contributed by atoms with Gasteiger partial charge in [-0.3, -0.25) is 10.1 Å². The third-order valence-electron chi connectivity index (χ3n) is 3.40. The van der Waals surface area contributed by atoms with Crippen molar-refractivity contribution in [1.29, 1.82) is 0 Å². The number of amides is 3. The summed E-state index contributed by atoms with van der Waals surface area (Å²) in [4.78, 5) is 23.9. The number of hydrogen-bond acceptors (Lipinski definition) is 7. The van der Waals surface area contributed by atoms with Gasteiger partial charge in [0.2, 0.25) is 5.91 Å². The second kappa shape index (κ2) is 9.43. The second-order valence-corrected chi connectivity index (χ2v) is 9.57. The first-order valence-electron chi connectivity index (χ1n) is 7.82. The van der Waals surface area contributed by atoms with Crippen molar-refractivity contribution in [2.75, 3.05) is 5.75 Å². The summed E-state index contributed by atoms with van der Waals surface area (Å²) in [6.45, 7) is 7.57. The van der Waals surface area contributed by atoms with Crippen LogP contribution in [0.2, 0.25) is 0 Å². The maximum atomic E-state index is 12.1. The molecule has 1 fully saturated rings. The van der Waals surface area contributed by atoms with Crippen molar-refractivity contribution in [3.63, 3.8) is 0 Å². The van der Waals surface area contributed by atoms with Gasteiger partial charge in [-0.05, 0) is 26.7 Å². The van der Waals surface area contributed by atoms with E-state index in [1.807, 2.05) is 6.92 Å². The van der Waals surface area contributed by atoms with Crippen molar-refractivity contribution >= 4 is 46.8 Å². The lowest BCUT2D eigenvalue weighted by molar-refractivity contribution is -0.119. The van der Waals surface area contributed by atoms with Gasteiger partial charge in [0.25, 0.3) is 0 Å². The number of imide groups is 1. The molecule has 3 amide bonds. The molecular formula is C15H22N4O2S3. The van der Waals surface area contributed by atoms with Gasteiger partial charge in [-0.25, -0.2) is 4.79 Å². The summed E-state index contributed by atoms with van der Waals surface area (Å²) < 4.78 is 1.57. The molecule has 24 heavy (non-hydrogen) atoms. The molecular weight excluding hydrogens is 364 g/mol. The van der Waals surface area contributed by atoms with Gasteiger partial charge >= 0.3 is 6.03 Å². The normalized spacial score (nSPS) is 15.9. The number of hydrogen-bond donors (Lipinski definition) is 2. The number of rotatable bonds is 7. The minimum Gasteiger partial charge on any atom is -0.335 e. The van der Waals surface area contributed by atoms with Crippen molar-refractivity contribution in [3.05, 3.63) is 12.2 Å². The van der Waals surface area contributed by atoms with Crippen LogP contribution in [0.3, 0.4) is 0 Å². The van der Waals surface area contributed by atoms with Crippen LogP contribution in [0.25, 0.3) is 0 Å². The minimum atomic E-state index is -0.411. The predicted molar refractivity (Wildman–Crippen MR) is 99.7 cm³/mol. The van der Waals surface area contributed by atoms with Crippen LogP contribution in [0.5, 0.6) is 0 Å². The molecule has 6 nitrogen and oxygen atoms in total.